The zero-order valence-corrected chi connectivity index (χ0v) is 16.7. The van der Waals surface area contributed by atoms with Crippen molar-refractivity contribution < 1.29 is 4.79 Å². The number of hydrogen-bond acceptors (Lipinski definition) is 3. The van der Waals surface area contributed by atoms with Crippen LogP contribution in [0.3, 0.4) is 0 Å². The second kappa shape index (κ2) is 7.39. The molecule has 2 N–H and O–H groups in total. The number of hydrogen-bond donors (Lipinski definition) is 1. The molecule has 1 aliphatic heterocycles. The fourth-order valence-electron chi connectivity index (χ4n) is 4.11. The smallest absolute Gasteiger partial charge is 0.274 e. The highest BCUT2D eigenvalue weighted by atomic mass is 35.5. The van der Waals surface area contributed by atoms with Gasteiger partial charge in [0.05, 0.1) is 10.7 Å². The lowest BCUT2D eigenvalue weighted by molar-refractivity contribution is 0.0773. The van der Waals surface area contributed by atoms with E-state index in [1.807, 2.05) is 11.8 Å². The molecule has 0 radical (unpaired) electrons. The summed E-state index contributed by atoms with van der Waals surface area (Å²) in [6, 6.07) is 7.26. The third kappa shape index (κ3) is 3.33. The molecule has 3 unspecified atom stereocenters. The third-order valence-corrected chi connectivity index (χ3v) is 5.98. The van der Waals surface area contributed by atoms with Crippen LogP contribution < -0.4 is 5.73 Å². The Morgan fingerprint density at radius 3 is 2.69 bits per heavy atom. The van der Waals surface area contributed by atoms with Crippen molar-refractivity contribution in [3.8, 4) is 5.69 Å². The van der Waals surface area contributed by atoms with Crippen molar-refractivity contribution in [1.82, 2.24) is 14.7 Å². The zero-order valence-electron chi connectivity index (χ0n) is 14.4. The van der Waals surface area contributed by atoms with E-state index in [9.17, 15) is 4.79 Å². The highest BCUT2D eigenvalue weighted by Gasteiger charge is 2.43. The fourth-order valence-corrected chi connectivity index (χ4v) is 4.60. The second-order valence-electron chi connectivity index (χ2n) is 7.05. The molecule has 8 heteroatoms. The van der Waals surface area contributed by atoms with E-state index in [4.69, 9.17) is 28.9 Å². The van der Waals surface area contributed by atoms with Crippen LogP contribution in [0.25, 0.3) is 5.69 Å². The van der Waals surface area contributed by atoms with Crippen LogP contribution in [0.2, 0.25) is 10.0 Å². The lowest BCUT2D eigenvalue weighted by atomic mass is 9.98. The largest absolute Gasteiger partial charge is 0.337 e. The maximum Gasteiger partial charge on any atom is 0.274 e. The molecule has 3 atom stereocenters. The van der Waals surface area contributed by atoms with Crippen LogP contribution in [0, 0.1) is 18.8 Å². The molecule has 2 aromatic rings. The molecule has 2 heterocycles. The van der Waals surface area contributed by atoms with Crippen molar-refractivity contribution in [3.05, 3.63) is 45.7 Å². The Hall–Kier alpha value is -1.27. The second-order valence-corrected chi connectivity index (χ2v) is 7.90. The molecule has 1 amide bonds. The first kappa shape index (κ1) is 19.5. The van der Waals surface area contributed by atoms with Gasteiger partial charge in [0, 0.05) is 29.8 Å². The first-order valence-corrected chi connectivity index (χ1v) is 9.26. The lowest BCUT2D eigenvalue weighted by Gasteiger charge is -2.17. The highest BCUT2D eigenvalue weighted by Crippen LogP contribution is 2.37. The van der Waals surface area contributed by atoms with Crippen LogP contribution in [0.1, 0.15) is 29.0 Å². The molecule has 140 valence electrons. The van der Waals surface area contributed by atoms with Gasteiger partial charge in [-0.25, -0.2) is 4.68 Å². The van der Waals surface area contributed by atoms with Gasteiger partial charge >= 0.3 is 0 Å². The molecule has 26 heavy (non-hydrogen) atoms. The number of nitrogens with two attached hydrogens (primary N) is 1. The predicted octanol–water partition coefficient (Wildman–Crippen LogP) is 3.72. The van der Waals surface area contributed by atoms with Gasteiger partial charge in [0.1, 0.15) is 0 Å². The van der Waals surface area contributed by atoms with Crippen LogP contribution in [-0.2, 0) is 0 Å². The Balaban J connectivity index is 0.00000196. The predicted molar refractivity (Wildman–Crippen MR) is 106 cm³/mol. The van der Waals surface area contributed by atoms with Gasteiger partial charge in [-0.3, -0.25) is 4.79 Å². The Kier molecular flexibility index (Phi) is 5.54. The molecular formula is C18H21Cl3N4O. The van der Waals surface area contributed by atoms with E-state index < -0.39 is 0 Å². The molecule has 1 saturated carbocycles. The number of carbonyl (C=O) groups excluding carboxylic acids is 1. The van der Waals surface area contributed by atoms with E-state index in [1.165, 1.54) is 0 Å². The molecule has 0 spiro atoms. The van der Waals surface area contributed by atoms with Gasteiger partial charge in [-0.1, -0.05) is 23.2 Å². The summed E-state index contributed by atoms with van der Waals surface area (Å²) in [6.45, 7) is 3.42. The number of amides is 1. The lowest BCUT2D eigenvalue weighted by Crippen LogP contribution is -2.33. The topological polar surface area (TPSA) is 64.2 Å². The highest BCUT2D eigenvalue weighted by molar-refractivity contribution is 6.35. The van der Waals surface area contributed by atoms with Crippen LogP contribution in [0.4, 0.5) is 0 Å². The Morgan fingerprint density at radius 2 is 2.00 bits per heavy atom. The Morgan fingerprint density at radius 1 is 1.23 bits per heavy atom. The zero-order chi connectivity index (χ0) is 17.7. The molecule has 2 aliphatic rings. The van der Waals surface area contributed by atoms with E-state index in [1.54, 1.807) is 28.9 Å². The minimum Gasteiger partial charge on any atom is -0.337 e. The first-order valence-electron chi connectivity index (χ1n) is 8.51. The van der Waals surface area contributed by atoms with Gasteiger partial charge in [0.25, 0.3) is 5.91 Å². The minimum atomic E-state index is -0.0338. The molecule has 2 fully saturated rings. The number of rotatable bonds is 2. The molecule has 1 aromatic heterocycles. The van der Waals surface area contributed by atoms with E-state index in [0.717, 1.165) is 31.6 Å². The van der Waals surface area contributed by atoms with Crippen molar-refractivity contribution in [2.75, 3.05) is 13.1 Å². The molecule has 5 nitrogen and oxygen atoms in total. The molecular weight excluding hydrogens is 395 g/mol. The van der Waals surface area contributed by atoms with E-state index >= 15 is 0 Å². The van der Waals surface area contributed by atoms with Gasteiger partial charge in [-0.05, 0) is 55.9 Å². The number of fused-ring (bicyclic) bond motifs is 1. The summed E-state index contributed by atoms with van der Waals surface area (Å²) in [5, 5.41) is 5.56. The number of likely N-dealkylation sites (tertiary alicyclic amines) is 1. The maximum absolute atomic E-state index is 12.9. The quantitative estimate of drug-likeness (QED) is 0.813. The average Bonchev–Trinajstić information content (AvgIpc) is 3.24. The van der Waals surface area contributed by atoms with Crippen molar-refractivity contribution >= 4 is 41.5 Å². The molecule has 1 aliphatic carbocycles. The van der Waals surface area contributed by atoms with Gasteiger partial charge < -0.3 is 10.6 Å². The normalized spacial score (nSPS) is 24.5. The summed E-state index contributed by atoms with van der Waals surface area (Å²) in [4.78, 5) is 14.8. The van der Waals surface area contributed by atoms with E-state index in [0.29, 0.717) is 33.3 Å². The monoisotopic (exact) mass is 414 g/mol. The Bertz CT molecular complexity index is 838. The minimum absolute atomic E-state index is 0. The van der Waals surface area contributed by atoms with Crippen molar-refractivity contribution in [1.29, 1.82) is 0 Å². The number of nitrogens with zero attached hydrogens (tertiary/aromatic N) is 3. The van der Waals surface area contributed by atoms with E-state index in [-0.39, 0.29) is 24.4 Å². The summed E-state index contributed by atoms with van der Waals surface area (Å²) in [7, 11) is 0. The molecule has 0 bridgehead atoms. The summed E-state index contributed by atoms with van der Waals surface area (Å²) in [5.41, 5.74) is 8.17. The SMILES string of the molecule is Cc1cc(C(=O)N2CC3CCC(N)C3C2)nn1-c1ccc(Cl)cc1Cl.Cl. The van der Waals surface area contributed by atoms with Crippen molar-refractivity contribution in [3.63, 3.8) is 0 Å². The van der Waals surface area contributed by atoms with Crippen molar-refractivity contribution in [2.45, 2.75) is 25.8 Å². The summed E-state index contributed by atoms with van der Waals surface area (Å²) in [6.07, 6.45) is 2.18. The number of halogens is 3. The number of aryl methyl sites for hydroxylation is 1. The molecule has 1 saturated heterocycles. The van der Waals surface area contributed by atoms with Gasteiger partial charge in [0.15, 0.2) is 5.69 Å². The van der Waals surface area contributed by atoms with Crippen LogP contribution >= 0.6 is 35.6 Å². The fraction of sp³-hybridized carbons (Fsp3) is 0.444. The maximum atomic E-state index is 12.9. The van der Waals surface area contributed by atoms with Crippen LogP contribution in [-0.4, -0.2) is 39.7 Å². The van der Waals surface area contributed by atoms with E-state index in [2.05, 4.69) is 5.10 Å². The first-order chi connectivity index (χ1) is 11.9. The number of carbonyl (C=O) groups is 1. The standard InChI is InChI=1S/C18H20Cl2N4O.ClH/c1-10-6-16(22-24(10)17-5-3-12(19)7-14(17)20)18(25)23-8-11-2-4-15(21)13(11)9-23;/h3,5-7,11,13,15H,2,4,8-9,21H2,1H3;1H. The van der Waals surface area contributed by atoms with Crippen LogP contribution in [0.5, 0.6) is 0 Å². The summed E-state index contributed by atoms with van der Waals surface area (Å²) < 4.78 is 1.69. The molecule has 1 aromatic carbocycles. The third-order valence-electron chi connectivity index (χ3n) is 5.44. The summed E-state index contributed by atoms with van der Waals surface area (Å²) in [5.74, 6) is 0.930. The van der Waals surface area contributed by atoms with Gasteiger partial charge in [-0.2, -0.15) is 5.10 Å². The van der Waals surface area contributed by atoms with Gasteiger partial charge in [0.2, 0.25) is 0 Å². The number of benzene rings is 1. The van der Waals surface area contributed by atoms with Gasteiger partial charge in [-0.15, -0.1) is 12.4 Å². The van der Waals surface area contributed by atoms with Crippen LogP contribution in [0.15, 0.2) is 24.3 Å². The van der Waals surface area contributed by atoms with Crippen molar-refractivity contribution in [2.24, 2.45) is 17.6 Å². The molecule has 4 rings (SSSR count). The summed E-state index contributed by atoms with van der Waals surface area (Å²) >= 11 is 12.2. The Labute approximate surface area is 168 Å². The number of aromatic nitrogens is 2. The average molecular weight is 416 g/mol.